The van der Waals surface area contributed by atoms with Crippen LogP contribution < -0.4 is 5.32 Å². The zero-order chi connectivity index (χ0) is 13.3. The van der Waals surface area contributed by atoms with Crippen LogP contribution in [0, 0.1) is 12.7 Å². The van der Waals surface area contributed by atoms with Gasteiger partial charge in [0.25, 0.3) is 0 Å². The lowest BCUT2D eigenvalue weighted by Crippen LogP contribution is -2.25. The van der Waals surface area contributed by atoms with Crippen LogP contribution in [0.3, 0.4) is 0 Å². The van der Waals surface area contributed by atoms with E-state index >= 15 is 0 Å². The summed E-state index contributed by atoms with van der Waals surface area (Å²) in [5.74, 6) is 0.406. The van der Waals surface area contributed by atoms with Crippen molar-refractivity contribution in [2.45, 2.75) is 33.2 Å². The number of aryl methyl sites for hydroxylation is 1. The van der Waals surface area contributed by atoms with Crippen molar-refractivity contribution in [2.75, 3.05) is 5.32 Å². The quantitative estimate of drug-likeness (QED) is 0.896. The molecular formula is C13H16FN3S. The maximum atomic E-state index is 13.0. The van der Waals surface area contributed by atoms with Crippen molar-refractivity contribution in [1.29, 1.82) is 0 Å². The first-order chi connectivity index (χ1) is 8.35. The number of halogens is 1. The van der Waals surface area contributed by atoms with Crippen molar-refractivity contribution in [3.8, 4) is 11.4 Å². The normalized spacial score (nSPS) is 11.6. The SMILES string of the molecule is Cc1cc(F)ccc1-c1nsc(NC(C)(C)C)n1. The van der Waals surface area contributed by atoms with E-state index in [0.717, 1.165) is 16.3 Å². The summed E-state index contributed by atoms with van der Waals surface area (Å²) >= 11 is 1.32. The van der Waals surface area contributed by atoms with E-state index < -0.39 is 0 Å². The van der Waals surface area contributed by atoms with Crippen LogP contribution in [-0.4, -0.2) is 14.9 Å². The number of nitrogens with one attached hydrogen (secondary N) is 1. The molecule has 0 saturated heterocycles. The number of hydrogen-bond acceptors (Lipinski definition) is 4. The van der Waals surface area contributed by atoms with Crippen LogP contribution >= 0.6 is 11.5 Å². The molecule has 1 N–H and O–H groups in total. The average molecular weight is 265 g/mol. The van der Waals surface area contributed by atoms with Gasteiger partial charge in [0.05, 0.1) is 0 Å². The van der Waals surface area contributed by atoms with E-state index in [1.54, 1.807) is 6.07 Å². The minimum atomic E-state index is -0.237. The maximum Gasteiger partial charge on any atom is 0.203 e. The highest BCUT2D eigenvalue weighted by Gasteiger charge is 2.14. The Morgan fingerprint density at radius 1 is 1.28 bits per heavy atom. The number of nitrogens with zero attached hydrogens (tertiary/aromatic N) is 2. The molecule has 1 heterocycles. The fourth-order valence-corrected chi connectivity index (χ4v) is 2.37. The predicted molar refractivity (Wildman–Crippen MR) is 73.4 cm³/mol. The van der Waals surface area contributed by atoms with E-state index in [0.29, 0.717) is 5.82 Å². The Balaban J connectivity index is 2.29. The fraction of sp³-hybridized carbons (Fsp3) is 0.385. The van der Waals surface area contributed by atoms with Crippen molar-refractivity contribution in [1.82, 2.24) is 9.36 Å². The van der Waals surface area contributed by atoms with Gasteiger partial charge in [-0.15, -0.1) is 0 Å². The molecule has 2 aromatic rings. The van der Waals surface area contributed by atoms with E-state index in [1.807, 2.05) is 6.92 Å². The molecule has 1 aromatic heterocycles. The Labute approximate surface area is 110 Å². The second-order valence-electron chi connectivity index (χ2n) is 5.26. The van der Waals surface area contributed by atoms with Gasteiger partial charge >= 0.3 is 0 Å². The summed E-state index contributed by atoms with van der Waals surface area (Å²) < 4.78 is 17.3. The van der Waals surface area contributed by atoms with Gasteiger partial charge in [-0.1, -0.05) is 0 Å². The second-order valence-corrected chi connectivity index (χ2v) is 6.01. The first kappa shape index (κ1) is 13.0. The van der Waals surface area contributed by atoms with Crippen molar-refractivity contribution < 1.29 is 4.39 Å². The molecule has 0 spiro atoms. The van der Waals surface area contributed by atoms with Gasteiger partial charge in [0.15, 0.2) is 5.82 Å². The number of benzene rings is 1. The van der Waals surface area contributed by atoms with Crippen LogP contribution in [0.5, 0.6) is 0 Å². The van der Waals surface area contributed by atoms with E-state index in [1.165, 1.54) is 23.7 Å². The lowest BCUT2D eigenvalue weighted by molar-refractivity contribution is 0.627. The van der Waals surface area contributed by atoms with Crippen LogP contribution in [0.15, 0.2) is 18.2 Å². The summed E-state index contributed by atoms with van der Waals surface area (Å²) in [6, 6.07) is 4.64. The average Bonchev–Trinajstić information content (AvgIpc) is 2.63. The van der Waals surface area contributed by atoms with E-state index in [2.05, 4.69) is 35.4 Å². The molecule has 0 fully saturated rings. The lowest BCUT2D eigenvalue weighted by atomic mass is 10.1. The number of anilines is 1. The molecule has 0 aliphatic carbocycles. The molecule has 2 rings (SSSR count). The molecule has 18 heavy (non-hydrogen) atoms. The number of hydrogen-bond donors (Lipinski definition) is 1. The van der Waals surface area contributed by atoms with Crippen LogP contribution in [-0.2, 0) is 0 Å². The molecule has 1 aromatic carbocycles. The Morgan fingerprint density at radius 2 is 2.00 bits per heavy atom. The minimum Gasteiger partial charge on any atom is -0.356 e. The topological polar surface area (TPSA) is 37.8 Å². The Bertz CT molecular complexity index is 558. The van der Waals surface area contributed by atoms with E-state index in [-0.39, 0.29) is 11.4 Å². The third kappa shape index (κ3) is 3.04. The smallest absolute Gasteiger partial charge is 0.203 e. The number of aromatic nitrogens is 2. The summed E-state index contributed by atoms with van der Waals surface area (Å²) in [5.41, 5.74) is 1.67. The van der Waals surface area contributed by atoms with Gasteiger partial charge in [0, 0.05) is 22.6 Å². The first-order valence-electron chi connectivity index (χ1n) is 5.73. The molecule has 0 aliphatic heterocycles. The van der Waals surface area contributed by atoms with E-state index in [4.69, 9.17) is 0 Å². The molecule has 96 valence electrons. The highest BCUT2D eigenvalue weighted by atomic mass is 32.1. The van der Waals surface area contributed by atoms with Gasteiger partial charge < -0.3 is 5.32 Å². The van der Waals surface area contributed by atoms with Crippen molar-refractivity contribution in [2.24, 2.45) is 0 Å². The lowest BCUT2D eigenvalue weighted by Gasteiger charge is -2.18. The van der Waals surface area contributed by atoms with Gasteiger partial charge in [0.2, 0.25) is 5.13 Å². The maximum absolute atomic E-state index is 13.0. The van der Waals surface area contributed by atoms with Crippen molar-refractivity contribution >= 4 is 16.7 Å². The molecule has 0 aliphatic rings. The van der Waals surface area contributed by atoms with Crippen molar-refractivity contribution in [3.63, 3.8) is 0 Å². The highest BCUT2D eigenvalue weighted by molar-refractivity contribution is 7.09. The molecule has 0 radical (unpaired) electrons. The summed E-state index contributed by atoms with van der Waals surface area (Å²) in [5, 5.41) is 4.05. The predicted octanol–water partition coefficient (Wildman–Crippen LogP) is 3.86. The highest BCUT2D eigenvalue weighted by Crippen LogP contribution is 2.26. The van der Waals surface area contributed by atoms with Crippen LogP contribution in [0.25, 0.3) is 11.4 Å². The van der Waals surface area contributed by atoms with Gasteiger partial charge in [0.1, 0.15) is 5.82 Å². The standard InChI is InChI=1S/C13H16FN3S/c1-8-7-9(14)5-6-10(8)11-15-12(18-17-11)16-13(2,3)4/h5-7H,1-4H3,(H,15,16,17). The number of rotatable bonds is 2. The molecule has 0 saturated carbocycles. The summed E-state index contributed by atoms with van der Waals surface area (Å²) in [4.78, 5) is 4.43. The third-order valence-electron chi connectivity index (χ3n) is 2.34. The zero-order valence-electron chi connectivity index (χ0n) is 10.9. The summed E-state index contributed by atoms with van der Waals surface area (Å²) in [6.07, 6.45) is 0. The molecule has 3 nitrogen and oxygen atoms in total. The van der Waals surface area contributed by atoms with Gasteiger partial charge in [-0.2, -0.15) is 9.36 Å². The van der Waals surface area contributed by atoms with Crippen LogP contribution in [0.4, 0.5) is 9.52 Å². The molecular weight excluding hydrogens is 249 g/mol. The summed E-state index contributed by atoms with van der Waals surface area (Å²) in [7, 11) is 0. The first-order valence-corrected chi connectivity index (χ1v) is 6.51. The second kappa shape index (κ2) is 4.65. The molecule has 0 bridgehead atoms. The zero-order valence-corrected chi connectivity index (χ0v) is 11.7. The monoisotopic (exact) mass is 265 g/mol. The van der Waals surface area contributed by atoms with Gasteiger partial charge in [-0.3, -0.25) is 0 Å². The fourth-order valence-electron chi connectivity index (χ4n) is 1.58. The largest absolute Gasteiger partial charge is 0.356 e. The van der Waals surface area contributed by atoms with Gasteiger partial charge in [-0.05, 0) is 51.5 Å². The van der Waals surface area contributed by atoms with Crippen LogP contribution in [0.1, 0.15) is 26.3 Å². The molecule has 5 heteroatoms. The summed E-state index contributed by atoms with van der Waals surface area (Å²) in [6.45, 7) is 8.06. The molecule has 0 atom stereocenters. The Hall–Kier alpha value is -1.49. The van der Waals surface area contributed by atoms with Crippen LogP contribution in [0.2, 0.25) is 0 Å². The van der Waals surface area contributed by atoms with Crippen molar-refractivity contribution in [3.05, 3.63) is 29.6 Å². The molecule has 0 unspecified atom stereocenters. The Kier molecular flexibility index (Phi) is 3.34. The van der Waals surface area contributed by atoms with E-state index in [9.17, 15) is 4.39 Å². The minimum absolute atomic E-state index is 0.0470. The molecule has 0 amide bonds. The Morgan fingerprint density at radius 3 is 2.61 bits per heavy atom. The third-order valence-corrected chi connectivity index (χ3v) is 2.97. The van der Waals surface area contributed by atoms with Gasteiger partial charge in [-0.25, -0.2) is 4.39 Å².